The van der Waals surface area contributed by atoms with Gasteiger partial charge in [-0.05, 0) is 68.6 Å². The molecule has 28 heavy (non-hydrogen) atoms. The van der Waals surface area contributed by atoms with Gasteiger partial charge in [-0.25, -0.2) is 4.39 Å². The summed E-state index contributed by atoms with van der Waals surface area (Å²) in [4.78, 5) is 7.40. The summed E-state index contributed by atoms with van der Waals surface area (Å²) in [6, 6.07) is 11.3. The van der Waals surface area contributed by atoms with Crippen molar-refractivity contribution in [2.75, 3.05) is 6.54 Å². The molecule has 0 aliphatic carbocycles. The van der Waals surface area contributed by atoms with Crippen molar-refractivity contribution < 1.29 is 4.39 Å². The maximum Gasteiger partial charge on any atom is 0.123 e. The van der Waals surface area contributed by atoms with Crippen LogP contribution < -0.4 is 0 Å². The zero-order valence-corrected chi connectivity index (χ0v) is 16.6. The van der Waals surface area contributed by atoms with Crippen LogP contribution in [0.3, 0.4) is 0 Å². The number of nitrogens with zero attached hydrogens (tertiary/aromatic N) is 4. The van der Waals surface area contributed by atoms with Gasteiger partial charge >= 0.3 is 0 Å². The molecule has 146 valence electrons. The van der Waals surface area contributed by atoms with E-state index in [1.165, 1.54) is 30.5 Å². The van der Waals surface area contributed by atoms with Crippen molar-refractivity contribution in [2.45, 2.75) is 52.2 Å². The summed E-state index contributed by atoms with van der Waals surface area (Å²) < 4.78 is 15.3. The van der Waals surface area contributed by atoms with Gasteiger partial charge in [-0.2, -0.15) is 5.10 Å². The highest BCUT2D eigenvalue weighted by Crippen LogP contribution is 2.33. The molecule has 1 atom stereocenters. The van der Waals surface area contributed by atoms with E-state index in [0.29, 0.717) is 6.04 Å². The van der Waals surface area contributed by atoms with E-state index in [0.717, 1.165) is 48.6 Å². The smallest absolute Gasteiger partial charge is 0.123 e. The number of pyridine rings is 1. The summed E-state index contributed by atoms with van der Waals surface area (Å²) in [6.07, 6.45) is 7.66. The fourth-order valence-electron chi connectivity index (χ4n) is 4.08. The number of hydrogen-bond donors (Lipinski definition) is 0. The fraction of sp³-hybridized carbons (Fsp3) is 0.391. The lowest BCUT2D eigenvalue weighted by atomic mass is 9.95. The molecule has 1 aromatic carbocycles. The van der Waals surface area contributed by atoms with Crippen molar-refractivity contribution in [3.05, 3.63) is 71.6 Å². The number of rotatable bonds is 5. The van der Waals surface area contributed by atoms with Gasteiger partial charge in [-0.15, -0.1) is 0 Å². The summed E-state index contributed by atoms with van der Waals surface area (Å²) in [5.41, 5.74) is 5.50. The molecule has 4 nitrogen and oxygen atoms in total. The van der Waals surface area contributed by atoms with E-state index in [4.69, 9.17) is 4.98 Å². The average Bonchev–Trinajstić information content (AvgIpc) is 3.16. The quantitative estimate of drug-likeness (QED) is 0.616. The lowest BCUT2D eigenvalue weighted by molar-refractivity contribution is 0.137. The second-order valence-electron chi connectivity index (χ2n) is 7.62. The molecule has 0 unspecified atom stereocenters. The molecule has 3 aromatic rings. The Kier molecular flexibility index (Phi) is 5.53. The van der Waals surface area contributed by atoms with E-state index >= 15 is 0 Å². The van der Waals surface area contributed by atoms with Crippen LogP contribution in [0.1, 0.15) is 49.2 Å². The summed E-state index contributed by atoms with van der Waals surface area (Å²) >= 11 is 0. The number of piperidine rings is 1. The molecule has 1 aliphatic heterocycles. The molecule has 3 heterocycles. The highest BCUT2D eigenvalue weighted by Gasteiger charge is 2.26. The topological polar surface area (TPSA) is 34.0 Å². The van der Waals surface area contributed by atoms with Crippen LogP contribution in [0, 0.1) is 12.7 Å². The standard InChI is InChI=1S/C23H27FN4/c1-3-28-16-18(14-25-28)15-27-11-5-4-6-23(27)22-13-20(12-17(2)26-22)19-7-9-21(24)10-8-19/h7-10,12-14,16,23H,3-6,11,15H2,1-2H3/t23-/m0/s1. The molecular weight excluding hydrogens is 351 g/mol. The molecule has 1 aliphatic rings. The number of halogens is 1. The van der Waals surface area contributed by atoms with Crippen molar-refractivity contribution in [3.63, 3.8) is 0 Å². The maximum absolute atomic E-state index is 13.3. The Bertz CT molecular complexity index is 932. The molecule has 0 amide bonds. The molecule has 0 radical (unpaired) electrons. The van der Waals surface area contributed by atoms with Gasteiger partial charge in [0.05, 0.1) is 17.9 Å². The lowest BCUT2D eigenvalue weighted by Crippen LogP contribution is -2.33. The fourth-order valence-corrected chi connectivity index (χ4v) is 4.08. The molecule has 0 saturated carbocycles. The van der Waals surface area contributed by atoms with Crippen molar-refractivity contribution in [2.24, 2.45) is 0 Å². The van der Waals surface area contributed by atoms with Gasteiger partial charge in [0.1, 0.15) is 5.82 Å². The van der Waals surface area contributed by atoms with Gasteiger partial charge in [0, 0.05) is 30.5 Å². The largest absolute Gasteiger partial charge is 0.290 e. The molecule has 2 aromatic heterocycles. The van der Waals surface area contributed by atoms with Gasteiger partial charge in [0.2, 0.25) is 0 Å². The van der Waals surface area contributed by atoms with Crippen LogP contribution in [0.4, 0.5) is 4.39 Å². The second-order valence-corrected chi connectivity index (χ2v) is 7.62. The Morgan fingerprint density at radius 2 is 1.93 bits per heavy atom. The Labute approximate surface area is 166 Å². The first-order chi connectivity index (χ1) is 13.6. The highest BCUT2D eigenvalue weighted by molar-refractivity contribution is 5.64. The van der Waals surface area contributed by atoms with Gasteiger partial charge in [0.15, 0.2) is 0 Å². The van der Waals surface area contributed by atoms with Gasteiger partial charge in [-0.1, -0.05) is 18.6 Å². The minimum Gasteiger partial charge on any atom is -0.290 e. The molecule has 0 N–H and O–H groups in total. The minimum absolute atomic E-state index is 0.208. The third-order valence-electron chi connectivity index (χ3n) is 5.50. The van der Waals surface area contributed by atoms with Crippen LogP contribution in [0.5, 0.6) is 0 Å². The maximum atomic E-state index is 13.3. The number of hydrogen-bond acceptors (Lipinski definition) is 3. The van der Waals surface area contributed by atoms with E-state index in [1.807, 2.05) is 29.9 Å². The zero-order valence-electron chi connectivity index (χ0n) is 16.6. The normalized spacial score (nSPS) is 17.8. The third kappa shape index (κ3) is 4.14. The van der Waals surface area contributed by atoms with E-state index in [-0.39, 0.29) is 5.82 Å². The summed E-state index contributed by atoms with van der Waals surface area (Å²) in [5, 5.41) is 4.42. The summed E-state index contributed by atoms with van der Waals surface area (Å²) in [5.74, 6) is -0.208. The van der Waals surface area contributed by atoms with E-state index in [9.17, 15) is 4.39 Å². The number of likely N-dealkylation sites (tertiary alicyclic amines) is 1. The molecule has 0 spiro atoms. The van der Waals surface area contributed by atoms with Crippen molar-refractivity contribution in [1.29, 1.82) is 0 Å². The monoisotopic (exact) mass is 378 g/mol. The molecular formula is C23H27FN4. The average molecular weight is 378 g/mol. The van der Waals surface area contributed by atoms with Crippen LogP contribution in [0.15, 0.2) is 48.8 Å². The highest BCUT2D eigenvalue weighted by atomic mass is 19.1. The van der Waals surface area contributed by atoms with Crippen LogP contribution in [0.25, 0.3) is 11.1 Å². The van der Waals surface area contributed by atoms with Gasteiger partial charge < -0.3 is 0 Å². The van der Waals surface area contributed by atoms with Gasteiger partial charge in [-0.3, -0.25) is 14.6 Å². The lowest BCUT2D eigenvalue weighted by Gasteiger charge is -2.35. The Hall–Kier alpha value is -2.53. The molecule has 1 saturated heterocycles. The van der Waals surface area contributed by atoms with Crippen LogP contribution in [-0.2, 0) is 13.1 Å². The van der Waals surface area contributed by atoms with Crippen molar-refractivity contribution >= 4 is 0 Å². The van der Waals surface area contributed by atoms with E-state index in [2.05, 4.69) is 35.3 Å². The number of aryl methyl sites for hydroxylation is 2. The first-order valence-electron chi connectivity index (χ1n) is 10.1. The second kappa shape index (κ2) is 8.23. The SMILES string of the molecule is CCn1cc(CN2CCCC[C@H]2c2cc(-c3ccc(F)cc3)cc(C)n2)cn1. The first kappa shape index (κ1) is 18.8. The molecule has 0 bridgehead atoms. The minimum atomic E-state index is -0.208. The Morgan fingerprint density at radius 3 is 2.68 bits per heavy atom. The zero-order chi connectivity index (χ0) is 19.5. The third-order valence-corrected chi connectivity index (χ3v) is 5.50. The molecule has 1 fully saturated rings. The molecule has 5 heteroatoms. The number of benzene rings is 1. The number of aromatic nitrogens is 3. The first-order valence-corrected chi connectivity index (χ1v) is 10.1. The van der Waals surface area contributed by atoms with Gasteiger partial charge in [0.25, 0.3) is 0 Å². The van der Waals surface area contributed by atoms with Crippen LogP contribution >= 0.6 is 0 Å². The predicted octanol–water partition coefficient (Wildman–Crippen LogP) is 5.14. The Morgan fingerprint density at radius 1 is 1.11 bits per heavy atom. The van der Waals surface area contributed by atoms with Crippen molar-refractivity contribution in [3.8, 4) is 11.1 Å². The predicted molar refractivity (Wildman–Crippen MR) is 109 cm³/mol. The van der Waals surface area contributed by atoms with Crippen LogP contribution in [0.2, 0.25) is 0 Å². The van der Waals surface area contributed by atoms with E-state index in [1.54, 1.807) is 0 Å². The molecule has 4 rings (SSSR count). The summed E-state index contributed by atoms with van der Waals surface area (Å²) in [7, 11) is 0. The van der Waals surface area contributed by atoms with Crippen molar-refractivity contribution in [1.82, 2.24) is 19.7 Å². The summed E-state index contributed by atoms with van der Waals surface area (Å²) in [6.45, 7) is 7.00. The van der Waals surface area contributed by atoms with E-state index < -0.39 is 0 Å². The van der Waals surface area contributed by atoms with Crippen LogP contribution in [-0.4, -0.2) is 26.2 Å². The Balaban J connectivity index is 1.62.